The first kappa shape index (κ1) is 41.9. The van der Waals surface area contributed by atoms with Gasteiger partial charge in [-0.2, -0.15) is 0 Å². The largest absolute Gasteiger partial charge is 0.507 e. The Morgan fingerprint density at radius 3 is 2.29 bits per heavy atom. The van der Waals surface area contributed by atoms with Crippen molar-refractivity contribution in [3.8, 4) is 5.75 Å². The highest BCUT2D eigenvalue weighted by molar-refractivity contribution is 6.32. The Bertz CT molecular complexity index is 2040. The maximum Gasteiger partial charge on any atom is 0.198 e. The van der Waals surface area contributed by atoms with Crippen molar-refractivity contribution in [2.24, 2.45) is 0 Å². The predicted octanol–water partition coefficient (Wildman–Crippen LogP) is 2.71. The summed E-state index contributed by atoms with van der Waals surface area (Å²) in [5, 5.41) is 47.0. The van der Waals surface area contributed by atoms with E-state index in [-0.39, 0.29) is 52.8 Å². The van der Waals surface area contributed by atoms with Crippen molar-refractivity contribution in [1.29, 1.82) is 0 Å². The van der Waals surface area contributed by atoms with E-state index in [4.69, 9.17) is 33.2 Å². The van der Waals surface area contributed by atoms with E-state index in [0.29, 0.717) is 25.7 Å². The molecule has 16 nitrogen and oxygen atoms in total. The van der Waals surface area contributed by atoms with Crippen molar-refractivity contribution < 1.29 is 77.6 Å². The lowest BCUT2D eigenvalue weighted by Gasteiger charge is -2.53. The number of carbonyl (C=O) groups excluding carboxylic acids is 5. The Morgan fingerprint density at radius 2 is 1.59 bits per heavy atom. The Labute approximate surface area is 340 Å². The van der Waals surface area contributed by atoms with Crippen LogP contribution in [0.5, 0.6) is 5.75 Å². The summed E-state index contributed by atoms with van der Waals surface area (Å²) in [5.41, 5.74) is -8.02. The number of aliphatic hydroxyl groups is 3. The minimum absolute atomic E-state index is 0.0255. The fraction of sp³-hybridized carbons (Fsp3) is 0.605. The lowest BCUT2D eigenvalue weighted by atomic mass is 9.57. The number of Topliss-reactive ketones (excluding diaryl/α,β-unsaturated/α-hetero) is 4. The fourth-order valence-corrected chi connectivity index (χ4v) is 9.58. The summed E-state index contributed by atoms with van der Waals surface area (Å²) in [5.74, 6) is -3.47. The normalized spacial score (nSPS) is 42.4. The van der Waals surface area contributed by atoms with E-state index in [1.165, 1.54) is 30.4 Å². The van der Waals surface area contributed by atoms with Gasteiger partial charge in [0.2, 0.25) is 0 Å². The molecule has 0 aromatic heterocycles. The molecule has 14 atom stereocenters. The molecule has 8 rings (SSSR count). The molecule has 7 aliphatic rings. The number of ether oxygens (including phenoxy) is 7. The standard InChI is InChI=1S/C43H50O16/c1-19-26(44)8-11-32(54-19)57-29-10-13-34(56-21(29)3)59-41(5)17-31(47)43(52)36-25(14-15-42(43,51)18-41)38(49)35-24(39(36)50)7-6-23(37(35)48)30-16-28(46)40(22(4)53-30)58-33-12-9-27(45)20(2)55-33/h6-7,9,12,14-15,19-22,28-30,32-34,40,46,48,51-52H,8,10-11,13,16-18H2,1-5H3/t19-,20+,21-,22-,28+,29+,30+,32+,33+,34+,40+,41+,42-,43+/m1/s1. The average Bonchev–Trinajstić information content (AvgIpc) is 3.16. The minimum Gasteiger partial charge on any atom is -0.507 e. The number of phenols is 1. The molecule has 1 aromatic rings. The third kappa shape index (κ3) is 7.20. The summed E-state index contributed by atoms with van der Waals surface area (Å²) in [7, 11) is 0. The molecule has 0 amide bonds. The van der Waals surface area contributed by atoms with Gasteiger partial charge in [0.15, 0.2) is 53.4 Å². The Balaban J connectivity index is 0.965. The molecule has 4 heterocycles. The van der Waals surface area contributed by atoms with Gasteiger partial charge in [-0.3, -0.25) is 24.0 Å². The van der Waals surface area contributed by atoms with Crippen LogP contribution in [-0.4, -0.2) is 128 Å². The van der Waals surface area contributed by atoms with Crippen LogP contribution in [0.4, 0.5) is 0 Å². The Kier molecular flexibility index (Phi) is 10.8. The van der Waals surface area contributed by atoms with Gasteiger partial charge in [-0.05, 0) is 65.3 Å². The summed E-state index contributed by atoms with van der Waals surface area (Å²) in [4.78, 5) is 66.3. The maximum absolute atomic E-state index is 14.3. The monoisotopic (exact) mass is 822 g/mol. The molecule has 0 unspecified atom stereocenters. The molecular weight excluding hydrogens is 772 g/mol. The zero-order chi connectivity index (χ0) is 42.3. The van der Waals surface area contributed by atoms with Gasteiger partial charge in [-0.15, -0.1) is 0 Å². The number of benzene rings is 1. The number of hydrogen-bond acceptors (Lipinski definition) is 16. The van der Waals surface area contributed by atoms with Crippen LogP contribution in [-0.2, 0) is 47.5 Å². The second kappa shape index (κ2) is 15.3. The van der Waals surface area contributed by atoms with E-state index in [2.05, 4.69) is 0 Å². The van der Waals surface area contributed by atoms with Gasteiger partial charge >= 0.3 is 0 Å². The highest BCUT2D eigenvalue weighted by Crippen LogP contribution is 2.53. The lowest BCUT2D eigenvalue weighted by molar-refractivity contribution is -0.296. The van der Waals surface area contributed by atoms with E-state index in [0.717, 1.165) is 6.08 Å². The quantitative estimate of drug-likeness (QED) is 0.310. The molecule has 4 N–H and O–H groups in total. The van der Waals surface area contributed by atoms with E-state index in [1.54, 1.807) is 27.7 Å². The molecule has 3 aliphatic carbocycles. The number of ketones is 5. The molecule has 4 aliphatic heterocycles. The molecule has 1 aromatic carbocycles. The van der Waals surface area contributed by atoms with E-state index in [9.17, 15) is 44.4 Å². The van der Waals surface area contributed by atoms with Gasteiger partial charge in [0.25, 0.3) is 0 Å². The molecule has 0 radical (unpaired) electrons. The molecule has 0 spiro atoms. The molecule has 3 saturated heterocycles. The zero-order valence-corrected chi connectivity index (χ0v) is 33.5. The second-order valence-electron chi connectivity index (χ2n) is 17.1. The fourth-order valence-electron chi connectivity index (χ4n) is 9.58. The number of fused-ring (bicyclic) bond motifs is 3. The molecule has 16 heteroatoms. The summed E-state index contributed by atoms with van der Waals surface area (Å²) in [6.45, 7) is 8.36. The van der Waals surface area contributed by atoms with Crippen LogP contribution in [0.25, 0.3) is 0 Å². The van der Waals surface area contributed by atoms with Crippen molar-refractivity contribution in [1.82, 2.24) is 0 Å². The number of aliphatic hydroxyl groups excluding tert-OH is 1. The molecule has 4 fully saturated rings. The maximum atomic E-state index is 14.3. The average molecular weight is 823 g/mol. The van der Waals surface area contributed by atoms with E-state index in [1.807, 2.05) is 6.92 Å². The molecule has 0 bridgehead atoms. The second-order valence-corrected chi connectivity index (χ2v) is 17.1. The van der Waals surface area contributed by atoms with Crippen molar-refractivity contribution >= 4 is 28.9 Å². The molecule has 59 heavy (non-hydrogen) atoms. The number of aromatic hydroxyl groups is 1. The Morgan fingerprint density at radius 1 is 0.831 bits per heavy atom. The smallest absolute Gasteiger partial charge is 0.198 e. The van der Waals surface area contributed by atoms with Crippen molar-refractivity contribution in [3.63, 3.8) is 0 Å². The van der Waals surface area contributed by atoms with E-state index < -0.39 is 113 Å². The number of allylic oxidation sites excluding steroid dienone is 2. The van der Waals surface area contributed by atoms with Gasteiger partial charge in [0, 0.05) is 55.2 Å². The SMILES string of the molecule is C[C@@H]1O[C@@H](O[C@@H]2[C@@H](O)C[C@@H](c3ccc4c(c3O)C(=O)C3=C(C4=O)[C@@]4(O)C(=O)C[C@](C)(O[C@H]5CC[C@H](O[C@H]6CCC(=O)[C@@H](C)O6)[C@@H](C)O5)C[C@]4(O)C=C3)O[C@@H]2C)C=CC1=O. The van der Waals surface area contributed by atoms with Gasteiger partial charge < -0.3 is 53.6 Å². The third-order valence-corrected chi connectivity index (χ3v) is 12.7. The summed E-state index contributed by atoms with van der Waals surface area (Å²) >= 11 is 0. The third-order valence-electron chi connectivity index (χ3n) is 12.7. The molecular formula is C43H50O16. The number of phenolic OH excluding ortho intramolecular Hbond substituents is 1. The van der Waals surface area contributed by atoms with Gasteiger partial charge in [-0.25, -0.2) is 0 Å². The minimum atomic E-state index is -2.82. The number of rotatable bonds is 7. The van der Waals surface area contributed by atoms with E-state index >= 15 is 0 Å². The molecule has 318 valence electrons. The topological polar surface area (TPSA) is 231 Å². The highest BCUT2D eigenvalue weighted by atomic mass is 16.7. The number of carbonyl (C=O) groups is 5. The van der Waals surface area contributed by atoms with Gasteiger partial charge in [0.05, 0.1) is 47.3 Å². The predicted molar refractivity (Wildman–Crippen MR) is 201 cm³/mol. The van der Waals surface area contributed by atoms with Crippen LogP contribution in [0, 0.1) is 0 Å². The summed E-state index contributed by atoms with van der Waals surface area (Å²) < 4.78 is 41.9. The van der Waals surface area contributed by atoms with Crippen LogP contribution in [0.2, 0.25) is 0 Å². The van der Waals surface area contributed by atoms with Crippen LogP contribution >= 0.6 is 0 Å². The van der Waals surface area contributed by atoms with Crippen LogP contribution < -0.4 is 0 Å². The highest BCUT2D eigenvalue weighted by Gasteiger charge is 2.67. The summed E-state index contributed by atoms with van der Waals surface area (Å²) in [6.07, 6.45) is -2.00. The lowest BCUT2D eigenvalue weighted by Crippen LogP contribution is -2.69. The Hall–Kier alpha value is -3.81. The van der Waals surface area contributed by atoms with Crippen molar-refractivity contribution in [2.75, 3.05) is 0 Å². The first-order chi connectivity index (χ1) is 27.8. The zero-order valence-electron chi connectivity index (χ0n) is 33.5. The number of hydrogen-bond donors (Lipinski definition) is 4. The van der Waals surface area contributed by atoms with Crippen LogP contribution in [0.1, 0.15) is 112 Å². The first-order valence-corrected chi connectivity index (χ1v) is 20.2. The van der Waals surface area contributed by atoms with Crippen molar-refractivity contribution in [2.45, 2.75) is 164 Å². The van der Waals surface area contributed by atoms with Gasteiger partial charge in [0.1, 0.15) is 29.7 Å². The first-order valence-electron chi connectivity index (χ1n) is 20.2. The van der Waals surface area contributed by atoms with Crippen LogP contribution in [0.15, 0.2) is 47.6 Å². The summed E-state index contributed by atoms with van der Waals surface area (Å²) in [6, 6.07) is 2.67. The van der Waals surface area contributed by atoms with Gasteiger partial charge in [-0.1, -0.05) is 12.1 Å². The van der Waals surface area contributed by atoms with Crippen molar-refractivity contribution in [3.05, 3.63) is 64.3 Å². The van der Waals surface area contributed by atoms with Crippen LogP contribution in [0.3, 0.4) is 0 Å². The molecule has 1 saturated carbocycles.